The maximum atomic E-state index is 12.4. The van der Waals surface area contributed by atoms with Crippen LogP contribution in [0.3, 0.4) is 0 Å². The maximum Gasteiger partial charge on any atom is 0.358 e. The Morgan fingerprint density at radius 3 is 2.76 bits per heavy atom. The van der Waals surface area contributed by atoms with E-state index in [2.05, 4.69) is 27.1 Å². The molecule has 0 bridgehead atoms. The third-order valence-corrected chi connectivity index (χ3v) is 5.08. The Balaban J connectivity index is 1.51. The molecule has 2 aromatic rings. The Kier molecular flexibility index (Phi) is 7.20. The quantitative estimate of drug-likeness (QED) is 0.505. The molecular formula is C20H24N4O4S. The van der Waals surface area contributed by atoms with Crippen molar-refractivity contribution in [3.8, 4) is 0 Å². The van der Waals surface area contributed by atoms with Crippen LogP contribution in [0.5, 0.6) is 0 Å². The summed E-state index contributed by atoms with van der Waals surface area (Å²) in [5.74, 6) is -1.05. The lowest BCUT2D eigenvalue weighted by Gasteiger charge is -2.28. The molecule has 8 nitrogen and oxygen atoms in total. The molecule has 2 heterocycles. The van der Waals surface area contributed by atoms with Gasteiger partial charge in [-0.2, -0.15) is 0 Å². The van der Waals surface area contributed by atoms with Crippen LogP contribution in [0.15, 0.2) is 42.3 Å². The number of anilines is 3. The van der Waals surface area contributed by atoms with Gasteiger partial charge < -0.3 is 25.0 Å². The van der Waals surface area contributed by atoms with Gasteiger partial charge in [0.2, 0.25) is 0 Å². The summed E-state index contributed by atoms with van der Waals surface area (Å²) in [5, 5.41) is 7.94. The fourth-order valence-corrected chi connectivity index (χ4v) is 3.39. The van der Waals surface area contributed by atoms with Crippen molar-refractivity contribution in [3.63, 3.8) is 0 Å². The highest BCUT2D eigenvalue weighted by Crippen LogP contribution is 2.20. The van der Waals surface area contributed by atoms with Crippen LogP contribution in [0.2, 0.25) is 0 Å². The van der Waals surface area contributed by atoms with E-state index >= 15 is 0 Å². The van der Waals surface area contributed by atoms with Crippen molar-refractivity contribution in [1.29, 1.82) is 0 Å². The normalized spacial score (nSPS) is 14.7. The molecule has 1 saturated heterocycles. The first-order chi connectivity index (χ1) is 14.1. The van der Waals surface area contributed by atoms with E-state index < -0.39 is 18.0 Å². The molecule has 1 aromatic carbocycles. The average molecular weight is 417 g/mol. The number of hydrogen-bond acceptors (Lipinski definition) is 8. The first-order valence-corrected chi connectivity index (χ1v) is 10.2. The van der Waals surface area contributed by atoms with Crippen molar-refractivity contribution >= 4 is 39.7 Å². The number of hydrogen-bond donors (Lipinski definition) is 2. The lowest BCUT2D eigenvalue weighted by molar-refractivity contribution is -0.123. The second-order valence-electron chi connectivity index (χ2n) is 6.39. The van der Waals surface area contributed by atoms with Crippen LogP contribution >= 0.6 is 11.3 Å². The summed E-state index contributed by atoms with van der Waals surface area (Å²) in [5.41, 5.74) is 1.88. The SMILES string of the molecule is C=CCNc1nc(C(=O)O[C@@H](C)C(=O)Nc2ccc(N3CCOCC3)cc2)cs1. The van der Waals surface area contributed by atoms with Gasteiger partial charge in [-0.15, -0.1) is 17.9 Å². The molecule has 0 aliphatic carbocycles. The predicted molar refractivity (Wildman–Crippen MR) is 114 cm³/mol. The van der Waals surface area contributed by atoms with Gasteiger partial charge in [0.15, 0.2) is 16.9 Å². The van der Waals surface area contributed by atoms with E-state index in [1.807, 2.05) is 24.3 Å². The standard InChI is InChI=1S/C20H24N4O4S/c1-3-8-21-20-23-17(13-29-20)19(26)28-14(2)18(25)22-15-4-6-16(7-5-15)24-9-11-27-12-10-24/h3-7,13-14H,1,8-12H2,2H3,(H,21,23)(H,22,25)/t14-/m0/s1. The molecule has 9 heteroatoms. The van der Waals surface area contributed by atoms with Crippen molar-refractivity contribution in [3.05, 3.63) is 48.0 Å². The van der Waals surface area contributed by atoms with Gasteiger partial charge in [-0.3, -0.25) is 4.79 Å². The van der Waals surface area contributed by atoms with Crippen LogP contribution in [-0.2, 0) is 14.3 Å². The molecule has 0 unspecified atom stereocenters. The highest BCUT2D eigenvalue weighted by molar-refractivity contribution is 7.13. The summed E-state index contributed by atoms with van der Waals surface area (Å²) in [7, 11) is 0. The van der Waals surface area contributed by atoms with E-state index in [0.29, 0.717) is 30.6 Å². The highest BCUT2D eigenvalue weighted by atomic mass is 32.1. The largest absolute Gasteiger partial charge is 0.448 e. The zero-order chi connectivity index (χ0) is 20.6. The number of rotatable bonds is 8. The van der Waals surface area contributed by atoms with Crippen molar-refractivity contribution < 1.29 is 19.1 Å². The minimum atomic E-state index is -0.951. The number of carbonyl (C=O) groups excluding carboxylic acids is 2. The van der Waals surface area contributed by atoms with Crippen molar-refractivity contribution in [1.82, 2.24) is 4.98 Å². The lowest BCUT2D eigenvalue weighted by Crippen LogP contribution is -2.36. The summed E-state index contributed by atoms with van der Waals surface area (Å²) in [6, 6.07) is 7.56. The van der Waals surface area contributed by atoms with Crippen molar-refractivity contribution in [2.24, 2.45) is 0 Å². The molecule has 154 valence electrons. The molecule has 1 aliphatic heterocycles. The van der Waals surface area contributed by atoms with Gasteiger partial charge in [0.25, 0.3) is 5.91 Å². The van der Waals surface area contributed by atoms with Gasteiger partial charge in [0.05, 0.1) is 13.2 Å². The van der Waals surface area contributed by atoms with Gasteiger partial charge >= 0.3 is 5.97 Å². The number of aromatic nitrogens is 1. The second kappa shape index (κ2) is 10.0. The molecule has 1 fully saturated rings. The smallest absolute Gasteiger partial charge is 0.358 e. The molecule has 0 spiro atoms. The highest BCUT2D eigenvalue weighted by Gasteiger charge is 2.21. The van der Waals surface area contributed by atoms with Crippen molar-refractivity contribution in [2.75, 3.05) is 48.4 Å². The average Bonchev–Trinajstić information content (AvgIpc) is 3.22. The van der Waals surface area contributed by atoms with Crippen LogP contribution in [0, 0.1) is 0 Å². The maximum absolute atomic E-state index is 12.4. The van der Waals surface area contributed by atoms with Crippen LogP contribution in [-0.4, -0.2) is 55.8 Å². The molecule has 1 atom stereocenters. The number of carbonyl (C=O) groups is 2. The van der Waals surface area contributed by atoms with E-state index in [-0.39, 0.29) is 5.69 Å². The van der Waals surface area contributed by atoms with E-state index in [4.69, 9.17) is 9.47 Å². The molecular weight excluding hydrogens is 392 g/mol. The van der Waals surface area contributed by atoms with E-state index in [9.17, 15) is 9.59 Å². The summed E-state index contributed by atoms with van der Waals surface area (Å²) in [4.78, 5) is 30.9. The Bertz CT molecular complexity index is 846. The number of nitrogens with one attached hydrogen (secondary N) is 2. The van der Waals surface area contributed by atoms with E-state index in [1.165, 1.54) is 18.3 Å². The van der Waals surface area contributed by atoms with Gasteiger partial charge in [-0.05, 0) is 31.2 Å². The molecule has 1 aromatic heterocycles. The third-order valence-electron chi connectivity index (χ3n) is 4.28. The third kappa shape index (κ3) is 5.78. The molecule has 0 radical (unpaired) electrons. The predicted octanol–water partition coefficient (Wildman–Crippen LogP) is 2.76. The van der Waals surface area contributed by atoms with Crippen LogP contribution in [0.4, 0.5) is 16.5 Å². The number of esters is 1. The Hall–Kier alpha value is -2.91. The summed E-state index contributed by atoms with van der Waals surface area (Å²) in [6.45, 7) is 8.81. The topological polar surface area (TPSA) is 92.8 Å². The molecule has 2 N–H and O–H groups in total. The number of nitrogens with zero attached hydrogens (tertiary/aromatic N) is 2. The minimum absolute atomic E-state index is 0.163. The Morgan fingerprint density at radius 2 is 2.07 bits per heavy atom. The van der Waals surface area contributed by atoms with Crippen LogP contribution in [0.1, 0.15) is 17.4 Å². The Labute approximate surface area is 173 Å². The van der Waals surface area contributed by atoms with Gasteiger partial charge in [0.1, 0.15) is 0 Å². The fourth-order valence-electron chi connectivity index (χ4n) is 2.70. The summed E-state index contributed by atoms with van der Waals surface area (Å²) in [6.07, 6.45) is 0.743. The van der Waals surface area contributed by atoms with Crippen molar-refractivity contribution in [2.45, 2.75) is 13.0 Å². The van der Waals surface area contributed by atoms with Gasteiger partial charge in [0, 0.05) is 36.4 Å². The molecule has 29 heavy (non-hydrogen) atoms. The number of thiazole rings is 1. The van der Waals surface area contributed by atoms with E-state index in [0.717, 1.165) is 18.8 Å². The fraction of sp³-hybridized carbons (Fsp3) is 0.350. The molecule has 1 aliphatic rings. The molecule has 3 rings (SSSR count). The summed E-state index contributed by atoms with van der Waals surface area (Å²) < 4.78 is 10.6. The van der Waals surface area contributed by atoms with E-state index in [1.54, 1.807) is 11.5 Å². The minimum Gasteiger partial charge on any atom is -0.448 e. The zero-order valence-electron chi connectivity index (χ0n) is 16.2. The second-order valence-corrected chi connectivity index (χ2v) is 7.25. The lowest BCUT2D eigenvalue weighted by atomic mass is 10.2. The number of amides is 1. The molecule has 1 amide bonds. The summed E-state index contributed by atoms with van der Waals surface area (Å²) >= 11 is 1.29. The number of morpholine rings is 1. The van der Waals surface area contributed by atoms with Gasteiger partial charge in [-0.25, -0.2) is 9.78 Å². The number of ether oxygens (including phenoxy) is 2. The monoisotopic (exact) mass is 416 g/mol. The molecule has 0 saturated carbocycles. The number of benzene rings is 1. The van der Waals surface area contributed by atoms with Crippen LogP contribution < -0.4 is 15.5 Å². The Morgan fingerprint density at radius 1 is 1.34 bits per heavy atom. The zero-order valence-corrected chi connectivity index (χ0v) is 17.0. The first kappa shape index (κ1) is 20.8. The van der Waals surface area contributed by atoms with Crippen LogP contribution in [0.25, 0.3) is 0 Å². The van der Waals surface area contributed by atoms with Gasteiger partial charge in [-0.1, -0.05) is 6.08 Å². The first-order valence-electron chi connectivity index (χ1n) is 9.31.